The molecule has 21 heavy (non-hydrogen) atoms. The summed E-state index contributed by atoms with van der Waals surface area (Å²) in [6, 6.07) is 8.83. The zero-order chi connectivity index (χ0) is 15.5. The SMILES string of the molecule is CNS(=O)(=O)c1ccccc1NC(=O)c1ccc(Cl)nn1. The Hall–Kier alpha value is -2.03. The van der Waals surface area contributed by atoms with Gasteiger partial charge in [0.1, 0.15) is 4.90 Å². The van der Waals surface area contributed by atoms with Crippen molar-refractivity contribution in [2.45, 2.75) is 4.90 Å². The molecule has 0 aliphatic heterocycles. The molecule has 0 bridgehead atoms. The van der Waals surface area contributed by atoms with Crippen molar-refractivity contribution >= 4 is 33.2 Å². The number of rotatable bonds is 4. The minimum atomic E-state index is -3.69. The van der Waals surface area contributed by atoms with Crippen molar-refractivity contribution in [3.8, 4) is 0 Å². The summed E-state index contributed by atoms with van der Waals surface area (Å²) in [4.78, 5) is 12.0. The Balaban J connectivity index is 2.32. The van der Waals surface area contributed by atoms with Crippen LogP contribution in [0.3, 0.4) is 0 Å². The van der Waals surface area contributed by atoms with E-state index in [2.05, 4.69) is 20.2 Å². The molecule has 1 aromatic carbocycles. The highest BCUT2D eigenvalue weighted by Crippen LogP contribution is 2.20. The summed E-state index contributed by atoms with van der Waals surface area (Å²) in [5, 5.41) is 9.82. The molecule has 0 radical (unpaired) electrons. The number of amides is 1. The maximum absolute atomic E-state index is 12.0. The molecule has 0 atom stereocenters. The molecule has 1 heterocycles. The number of hydrogen-bond donors (Lipinski definition) is 2. The first-order chi connectivity index (χ1) is 9.94. The molecular formula is C12H11ClN4O3S. The highest BCUT2D eigenvalue weighted by Gasteiger charge is 2.18. The van der Waals surface area contributed by atoms with Gasteiger partial charge in [0.25, 0.3) is 5.91 Å². The highest BCUT2D eigenvalue weighted by atomic mass is 35.5. The Morgan fingerprint density at radius 1 is 1.14 bits per heavy atom. The summed E-state index contributed by atoms with van der Waals surface area (Å²) < 4.78 is 25.9. The third kappa shape index (κ3) is 3.54. The monoisotopic (exact) mass is 326 g/mol. The van der Waals surface area contributed by atoms with E-state index in [4.69, 9.17) is 11.6 Å². The zero-order valence-corrected chi connectivity index (χ0v) is 12.4. The van der Waals surface area contributed by atoms with E-state index in [9.17, 15) is 13.2 Å². The van der Waals surface area contributed by atoms with E-state index in [0.717, 1.165) is 0 Å². The maximum atomic E-state index is 12.0. The fourth-order valence-electron chi connectivity index (χ4n) is 1.54. The van der Waals surface area contributed by atoms with Crippen LogP contribution in [0.25, 0.3) is 0 Å². The van der Waals surface area contributed by atoms with Crippen LogP contribution in [0.15, 0.2) is 41.3 Å². The molecular weight excluding hydrogens is 316 g/mol. The Morgan fingerprint density at radius 3 is 2.48 bits per heavy atom. The molecule has 0 unspecified atom stereocenters. The Morgan fingerprint density at radius 2 is 1.86 bits per heavy atom. The molecule has 7 nitrogen and oxygen atoms in total. The van der Waals surface area contributed by atoms with Gasteiger partial charge >= 0.3 is 0 Å². The molecule has 1 amide bonds. The van der Waals surface area contributed by atoms with Crippen molar-refractivity contribution in [3.63, 3.8) is 0 Å². The Kier molecular flexibility index (Phi) is 4.51. The van der Waals surface area contributed by atoms with Crippen molar-refractivity contribution in [2.24, 2.45) is 0 Å². The van der Waals surface area contributed by atoms with Crippen LogP contribution in [0.4, 0.5) is 5.69 Å². The number of nitrogens with one attached hydrogen (secondary N) is 2. The molecule has 2 rings (SSSR count). The smallest absolute Gasteiger partial charge is 0.276 e. The lowest BCUT2D eigenvalue weighted by molar-refractivity contribution is 0.102. The molecule has 2 aromatic rings. The van der Waals surface area contributed by atoms with Gasteiger partial charge in [0.2, 0.25) is 10.0 Å². The van der Waals surface area contributed by atoms with Gasteiger partial charge in [-0.15, -0.1) is 10.2 Å². The van der Waals surface area contributed by atoms with E-state index < -0.39 is 15.9 Å². The molecule has 0 spiro atoms. The average molecular weight is 327 g/mol. The van der Waals surface area contributed by atoms with Crippen molar-refractivity contribution in [1.29, 1.82) is 0 Å². The van der Waals surface area contributed by atoms with Gasteiger partial charge in [-0.2, -0.15) is 0 Å². The second-order valence-corrected chi connectivity index (χ2v) is 6.14. The molecule has 9 heteroatoms. The van der Waals surface area contributed by atoms with Gasteiger partial charge < -0.3 is 5.32 Å². The van der Waals surface area contributed by atoms with Crippen LogP contribution in [0.2, 0.25) is 5.15 Å². The number of hydrogen-bond acceptors (Lipinski definition) is 5. The summed E-state index contributed by atoms with van der Waals surface area (Å²) in [5.41, 5.74) is 0.171. The van der Waals surface area contributed by atoms with E-state index >= 15 is 0 Å². The number of nitrogens with zero attached hydrogens (tertiary/aromatic N) is 2. The standard InChI is InChI=1S/C12H11ClN4O3S/c1-14-21(19,20)10-5-3-2-4-8(10)15-12(18)9-6-7-11(13)17-16-9/h2-7,14H,1H3,(H,15,18). The molecule has 0 aliphatic carbocycles. The number of sulfonamides is 1. The van der Waals surface area contributed by atoms with Gasteiger partial charge in [-0.25, -0.2) is 13.1 Å². The highest BCUT2D eigenvalue weighted by molar-refractivity contribution is 7.89. The topological polar surface area (TPSA) is 101 Å². The van der Waals surface area contributed by atoms with Gasteiger partial charge in [-0.05, 0) is 31.3 Å². The average Bonchev–Trinajstić information content (AvgIpc) is 2.48. The molecule has 110 valence electrons. The fourth-order valence-corrected chi connectivity index (χ4v) is 2.52. The predicted octanol–water partition coefficient (Wildman–Crippen LogP) is 1.29. The predicted molar refractivity (Wildman–Crippen MR) is 77.7 cm³/mol. The third-order valence-electron chi connectivity index (χ3n) is 2.56. The first-order valence-corrected chi connectivity index (χ1v) is 7.63. The van der Waals surface area contributed by atoms with Crippen molar-refractivity contribution in [3.05, 3.63) is 47.2 Å². The van der Waals surface area contributed by atoms with Crippen molar-refractivity contribution in [1.82, 2.24) is 14.9 Å². The van der Waals surface area contributed by atoms with Crippen LogP contribution >= 0.6 is 11.6 Å². The summed E-state index contributed by atoms with van der Waals surface area (Å²) in [6.07, 6.45) is 0. The summed E-state index contributed by atoms with van der Waals surface area (Å²) in [7, 11) is -2.39. The zero-order valence-electron chi connectivity index (χ0n) is 10.9. The third-order valence-corrected chi connectivity index (χ3v) is 4.23. The number of benzene rings is 1. The lowest BCUT2D eigenvalue weighted by atomic mass is 10.3. The molecule has 0 saturated heterocycles. The lowest BCUT2D eigenvalue weighted by Crippen LogP contribution is -2.22. The summed E-state index contributed by atoms with van der Waals surface area (Å²) in [6.45, 7) is 0. The maximum Gasteiger partial charge on any atom is 0.276 e. The molecule has 0 aliphatic rings. The van der Waals surface area contributed by atoms with Crippen molar-refractivity contribution < 1.29 is 13.2 Å². The number of anilines is 1. The number of carbonyl (C=O) groups excluding carboxylic acids is 1. The molecule has 1 aromatic heterocycles. The van der Waals surface area contributed by atoms with E-state index in [0.29, 0.717) is 0 Å². The first-order valence-electron chi connectivity index (χ1n) is 5.77. The minimum Gasteiger partial charge on any atom is -0.319 e. The van der Waals surface area contributed by atoms with Crippen LogP contribution in [0, 0.1) is 0 Å². The minimum absolute atomic E-state index is 0.0241. The van der Waals surface area contributed by atoms with Crippen LogP contribution in [0.1, 0.15) is 10.5 Å². The molecule has 0 saturated carbocycles. The van der Waals surface area contributed by atoms with Gasteiger partial charge in [-0.3, -0.25) is 4.79 Å². The van der Waals surface area contributed by atoms with Crippen LogP contribution in [-0.2, 0) is 10.0 Å². The van der Waals surface area contributed by atoms with Gasteiger partial charge in [0.05, 0.1) is 5.69 Å². The normalized spacial score (nSPS) is 11.1. The van der Waals surface area contributed by atoms with Crippen molar-refractivity contribution in [2.75, 3.05) is 12.4 Å². The van der Waals surface area contributed by atoms with Gasteiger partial charge in [0, 0.05) is 0 Å². The first kappa shape index (κ1) is 15.4. The van der Waals surface area contributed by atoms with E-state index in [1.165, 1.54) is 31.3 Å². The summed E-state index contributed by atoms with van der Waals surface area (Å²) >= 11 is 5.59. The quantitative estimate of drug-likeness (QED) is 0.881. The van der Waals surface area contributed by atoms with Crippen LogP contribution in [-0.4, -0.2) is 31.6 Å². The molecule has 2 N–H and O–H groups in total. The Labute approximate surface area is 126 Å². The largest absolute Gasteiger partial charge is 0.319 e. The number of carbonyl (C=O) groups is 1. The van der Waals surface area contributed by atoms with E-state index in [-0.39, 0.29) is 21.4 Å². The molecule has 0 fully saturated rings. The van der Waals surface area contributed by atoms with Gasteiger partial charge in [0.15, 0.2) is 10.8 Å². The lowest BCUT2D eigenvalue weighted by Gasteiger charge is -2.10. The summed E-state index contributed by atoms with van der Waals surface area (Å²) in [5.74, 6) is -0.585. The van der Waals surface area contributed by atoms with Crippen LogP contribution < -0.4 is 10.0 Å². The fraction of sp³-hybridized carbons (Fsp3) is 0.0833. The number of aromatic nitrogens is 2. The van der Waals surface area contributed by atoms with Gasteiger partial charge in [-0.1, -0.05) is 23.7 Å². The van der Waals surface area contributed by atoms with Crippen LogP contribution in [0.5, 0.6) is 0 Å². The number of halogens is 1. The second-order valence-electron chi connectivity index (χ2n) is 3.90. The van der Waals surface area contributed by atoms with E-state index in [1.54, 1.807) is 12.1 Å². The number of para-hydroxylation sites is 1. The van der Waals surface area contributed by atoms with E-state index in [1.807, 2.05) is 0 Å². The second kappa shape index (κ2) is 6.17. The Bertz CT molecular complexity index is 762.